The number of hydrogen-bond acceptors (Lipinski definition) is 8. The third-order valence-electron chi connectivity index (χ3n) is 9.29. The number of Topliss-reactive ketones (excluding diaryl/α,β-unsaturated/α-hetero) is 1. The van der Waals surface area contributed by atoms with Crippen LogP contribution in [0.3, 0.4) is 0 Å². The number of aromatic hydroxyl groups is 3. The normalized spacial score (nSPS) is 15.5. The molecular formula is C39H47N2O7-. The van der Waals surface area contributed by atoms with Crippen molar-refractivity contribution in [1.82, 2.24) is 10.3 Å². The number of carbonyl (C=O) groups is 1. The number of ketones is 1. The Hall–Kier alpha value is -4.47. The zero-order chi connectivity index (χ0) is 34.0. The van der Waals surface area contributed by atoms with Crippen LogP contribution in [0.1, 0.15) is 72.3 Å². The second-order valence-corrected chi connectivity index (χ2v) is 13.0. The summed E-state index contributed by atoms with van der Waals surface area (Å²) in [6.07, 6.45) is 9.06. The van der Waals surface area contributed by atoms with Gasteiger partial charge in [0.1, 0.15) is 11.5 Å². The van der Waals surface area contributed by atoms with E-state index in [9.17, 15) is 25.2 Å². The molecule has 0 saturated heterocycles. The number of nitrogens with one attached hydrogen (secondary N) is 1. The Morgan fingerprint density at radius 1 is 0.854 bits per heavy atom. The van der Waals surface area contributed by atoms with Crippen LogP contribution in [0.25, 0.3) is 0 Å². The molecule has 1 heterocycles. The van der Waals surface area contributed by atoms with Gasteiger partial charge in [0.05, 0.1) is 19.3 Å². The molecule has 0 spiro atoms. The van der Waals surface area contributed by atoms with Crippen molar-refractivity contribution < 1.29 is 34.7 Å². The molecule has 1 aliphatic rings. The van der Waals surface area contributed by atoms with Crippen LogP contribution in [0.15, 0.2) is 73.1 Å². The summed E-state index contributed by atoms with van der Waals surface area (Å²) in [5, 5.41) is 46.2. The molecule has 1 aromatic heterocycles. The van der Waals surface area contributed by atoms with Crippen LogP contribution in [0.5, 0.6) is 28.7 Å². The molecule has 4 aromatic rings. The minimum Gasteiger partial charge on any atom is -0.670 e. The molecule has 1 fully saturated rings. The molecule has 0 bridgehead atoms. The minimum absolute atomic E-state index is 0.000386. The van der Waals surface area contributed by atoms with Gasteiger partial charge in [0.25, 0.3) is 0 Å². The number of hydrogen-bond donors (Lipinski definition) is 5. The van der Waals surface area contributed by atoms with E-state index in [4.69, 9.17) is 9.47 Å². The highest BCUT2D eigenvalue weighted by Gasteiger charge is 2.29. The van der Waals surface area contributed by atoms with Crippen molar-refractivity contribution in [1.29, 1.82) is 0 Å². The van der Waals surface area contributed by atoms with E-state index in [1.165, 1.54) is 19.6 Å². The molecule has 5 rings (SSSR count). The Bertz CT molecular complexity index is 1630. The van der Waals surface area contributed by atoms with Crippen LogP contribution in [-0.2, 0) is 30.6 Å². The minimum atomic E-state index is -0.991. The number of rotatable bonds is 16. The van der Waals surface area contributed by atoms with Crippen LogP contribution in [0.2, 0.25) is 0 Å². The van der Waals surface area contributed by atoms with Gasteiger partial charge in [-0.25, -0.2) is 0 Å². The van der Waals surface area contributed by atoms with E-state index in [2.05, 4.69) is 10.3 Å². The first-order valence-corrected chi connectivity index (χ1v) is 16.8. The topological polar surface area (TPSA) is 143 Å². The fraction of sp³-hybridized carbons (Fsp3) is 0.410. The summed E-state index contributed by atoms with van der Waals surface area (Å²) in [6, 6.07) is 17.4. The maximum absolute atomic E-state index is 14.2. The van der Waals surface area contributed by atoms with Gasteiger partial charge in [-0.15, -0.1) is 0 Å². The Labute approximate surface area is 282 Å². The second kappa shape index (κ2) is 16.6. The van der Waals surface area contributed by atoms with E-state index >= 15 is 0 Å². The van der Waals surface area contributed by atoms with Gasteiger partial charge < -0.3 is 40.2 Å². The molecule has 3 atom stereocenters. The third kappa shape index (κ3) is 9.33. The van der Waals surface area contributed by atoms with Crippen molar-refractivity contribution in [3.63, 3.8) is 0 Å². The summed E-state index contributed by atoms with van der Waals surface area (Å²) in [4.78, 5) is 18.4. The lowest BCUT2D eigenvalue weighted by Crippen LogP contribution is -2.30. The number of phenolic OH excluding ortho intramolecular Hbond substituents is 3. The molecule has 0 amide bonds. The first-order valence-electron chi connectivity index (χ1n) is 16.8. The van der Waals surface area contributed by atoms with Crippen LogP contribution in [-0.4, -0.2) is 52.6 Å². The molecule has 5 N–H and O–H groups in total. The highest BCUT2D eigenvalue weighted by molar-refractivity contribution is 5.86. The number of aliphatic hydroxyl groups excluding tert-OH is 1. The number of carbonyl (C=O) groups excluding carboxylic acids is 1. The lowest BCUT2D eigenvalue weighted by Gasteiger charge is -2.26. The first-order chi connectivity index (χ1) is 23.2. The van der Waals surface area contributed by atoms with Crippen molar-refractivity contribution in [2.45, 2.75) is 82.5 Å². The fourth-order valence-electron chi connectivity index (χ4n) is 6.76. The largest absolute Gasteiger partial charge is 0.670 e. The molecule has 3 aromatic carbocycles. The maximum atomic E-state index is 14.2. The van der Waals surface area contributed by atoms with Crippen LogP contribution < -0.4 is 19.8 Å². The summed E-state index contributed by atoms with van der Waals surface area (Å²) in [5.41, 5.74) is 4.09. The van der Waals surface area contributed by atoms with Crippen LogP contribution >= 0.6 is 0 Å². The predicted molar refractivity (Wildman–Crippen MR) is 184 cm³/mol. The number of nitrogens with zero attached hydrogens (tertiary/aromatic N) is 1. The summed E-state index contributed by atoms with van der Waals surface area (Å²) >= 11 is 0. The average Bonchev–Trinajstić information content (AvgIpc) is 3.59. The number of aromatic nitrogens is 1. The molecule has 256 valence electrons. The monoisotopic (exact) mass is 655 g/mol. The fourth-order valence-corrected chi connectivity index (χ4v) is 6.76. The molecule has 1 aliphatic carbocycles. The number of ether oxygens (including phenoxy) is 2. The molecule has 0 unspecified atom stereocenters. The van der Waals surface area contributed by atoms with Gasteiger partial charge in [0, 0.05) is 18.9 Å². The van der Waals surface area contributed by atoms with Gasteiger partial charge in [-0.05, 0) is 117 Å². The van der Waals surface area contributed by atoms with E-state index in [1.807, 2.05) is 31.3 Å². The molecule has 48 heavy (non-hydrogen) atoms. The zero-order valence-corrected chi connectivity index (χ0v) is 27.8. The number of methoxy groups -OCH3 is 1. The van der Waals surface area contributed by atoms with E-state index < -0.39 is 12.0 Å². The Balaban J connectivity index is 1.40. The van der Waals surface area contributed by atoms with E-state index in [0.717, 1.165) is 47.9 Å². The second-order valence-electron chi connectivity index (χ2n) is 13.0. The van der Waals surface area contributed by atoms with Crippen molar-refractivity contribution in [3.8, 4) is 28.7 Å². The standard InChI is InChI=1S/C39H47N2O7/c1-40-23-28-16-29(21-31(42)17-28)33(18-26-9-10-34(43)38(19-26)47-2)37(46)22-36(45)30(15-27-12-13-41-24-27)14-25-8-11-35(44)39(20-25)48-32-6-4-3-5-7-32/h8-13,16-17,19-21,24,30,32-33,36,40,42-45H,3-7,14-15,18,22-23H2,1-2H3/q-1/t30-,33+,36+/m0/s1. The highest BCUT2D eigenvalue weighted by Crippen LogP contribution is 2.35. The van der Waals surface area contributed by atoms with Crippen molar-refractivity contribution in [2.24, 2.45) is 5.92 Å². The summed E-state index contributed by atoms with van der Waals surface area (Å²) in [7, 11) is 3.28. The van der Waals surface area contributed by atoms with Crippen LogP contribution in [0.4, 0.5) is 0 Å². The van der Waals surface area contributed by atoms with Gasteiger partial charge in [0.15, 0.2) is 23.0 Å². The Morgan fingerprint density at radius 2 is 1.54 bits per heavy atom. The van der Waals surface area contributed by atoms with Crippen molar-refractivity contribution in [2.75, 3.05) is 14.2 Å². The van der Waals surface area contributed by atoms with Gasteiger partial charge in [-0.1, -0.05) is 36.2 Å². The quantitative estimate of drug-likeness (QED) is 0.0990. The molecular weight excluding hydrogens is 608 g/mol. The van der Waals surface area contributed by atoms with E-state index in [0.29, 0.717) is 36.4 Å². The van der Waals surface area contributed by atoms with Gasteiger partial charge in [-0.2, -0.15) is 12.4 Å². The van der Waals surface area contributed by atoms with E-state index in [1.54, 1.807) is 42.7 Å². The molecule has 9 heteroatoms. The van der Waals surface area contributed by atoms with Gasteiger partial charge >= 0.3 is 0 Å². The number of benzene rings is 3. The Morgan fingerprint density at radius 3 is 2.23 bits per heavy atom. The number of phenols is 3. The van der Waals surface area contributed by atoms with Gasteiger partial charge in [-0.3, -0.25) is 4.79 Å². The zero-order valence-electron chi connectivity index (χ0n) is 27.8. The SMILES string of the molecule is CNCc1cc(O)cc([C@@H](Cc2ccc(O)c(OC)c2)C(=O)C[C@@H](O)[C@H](Cc2cc[n-]c2)Cc2ccc(O)c(OC3CCCCC3)c2)c1. The lowest BCUT2D eigenvalue weighted by atomic mass is 9.81. The summed E-state index contributed by atoms with van der Waals surface area (Å²) < 4.78 is 11.5. The van der Waals surface area contributed by atoms with Crippen molar-refractivity contribution >= 4 is 5.78 Å². The van der Waals surface area contributed by atoms with E-state index in [-0.39, 0.29) is 47.9 Å². The number of aliphatic hydroxyl groups is 1. The third-order valence-corrected chi connectivity index (χ3v) is 9.29. The summed E-state index contributed by atoms with van der Waals surface area (Å²) in [5.74, 6) is -0.286. The molecule has 0 radical (unpaired) electrons. The predicted octanol–water partition coefficient (Wildman–Crippen LogP) is 5.95. The van der Waals surface area contributed by atoms with Crippen LogP contribution in [0, 0.1) is 5.92 Å². The lowest BCUT2D eigenvalue weighted by molar-refractivity contribution is -0.123. The Kier molecular flexibility index (Phi) is 12.0. The summed E-state index contributed by atoms with van der Waals surface area (Å²) in [6.45, 7) is 0.507. The van der Waals surface area contributed by atoms with Crippen molar-refractivity contribution in [3.05, 3.63) is 101 Å². The highest BCUT2D eigenvalue weighted by atomic mass is 16.5. The average molecular weight is 656 g/mol. The molecule has 1 saturated carbocycles. The first kappa shape index (κ1) is 34.9. The smallest absolute Gasteiger partial charge is 0.161 e. The van der Waals surface area contributed by atoms with Gasteiger partial charge in [0.2, 0.25) is 0 Å². The maximum Gasteiger partial charge on any atom is 0.161 e. The molecule has 0 aliphatic heterocycles. The molecule has 9 nitrogen and oxygen atoms in total.